The second-order valence-corrected chi connectivity index (χ2v) is 9.24. The van der Waals surface area contributed by atoms with E-state index in [-0.39, 0.29) is 5.69 Å². The molecular formula is C27H46N2O4. The van der Waals surface area contributed by atoms with Crippen molar-refractivity contribution in [2.75, 3.05) is 0 Å². The van der Waals surface area contributed by atoms with Crippen molar-refractivity contribution in [2.45, 2.75) is 129 Å². The number of nitrogens with two attached hydrogens (primary N) is 1. The number of unbranched alkanes of at least 4 members (excludes halogenated alkanes) is 14. The number of hydrogen-bond acceptors (Lipinski definition) is 5. The molecule has 0 radical (unpaired) electrons. The first-order valence-corrected chi connectivity index (χ1v) is 13.2. The van der Waals surface area contributed by atoms with Gasteiger partial charge in [-0.25, -0.2) is 0 Å². The van der Waals surface area contributed by atoms with Crippen LogP contribution in [0.3, 0.4) is 0 Å². The smallest absolute Gasteiger partial charge is 0.323 e. The van der Waals surface area contributed by atoms with Gasteiger partial charge < -0.3 is 10.5 Å². The van der Waals surface area contributed by atoms with Crippen LogP contribution < -0.4 is 5.73 Å². The topological polar surface area (TPSA) is 95.5 Å². The van der Waals surface area contributed by atoms with Crippen LogP contribution in [0.25, 0.3) is 0 Å². The zero-order chi connectivity index (χ0) is 24.3. The number of para-hydroxylation sites is 1. The molecule has 1 aromatic rings. The molecule has 0 heterocycles. The van der Waals surface area contributed by atoms with Gasteiger partial charge in [0.15, 0.2) is 0 Å². The van der Waals surface area contributed by atoms with E-state index in [1.807, 2.05) is 0 Å². The Bertz CT molecular complexity index is 665. The minimum absolute atomic E-state index is 0.0474. The van der Waals surface area contributed by atoms with Crippen molar-refractivity contribution in [3.05, 3.63) is 39.9 Å². The molecule has 0 saturated heterocycles. The fourth-order valence-corrected chi connectivity index (χ4v) is 4.18. The summed E-state index contributed by atoms with van der Waals surface area (Å²) in [4.78, 5) is 23.0. The van der Waals surface area contributed by atoms with E-state index in [0.717, 1.165) is 12.8 Å². The third-order valence-corrected chi connectivity index (χ3v) is 6.29. The highest BCUT2D eigenvalue weighted by Gasteiger charge is 2.23. The van der Waals surface area contributed by atoms with Gasteiger partial charge in [-0.3, -0.25) is 14.9 Å². The molecule has 0 aliphatic rings. The van der Waals surface area contributed by atoms with Gasteiger partial charge >= 0.3 is 5.97 Å². The maximum absolute atomic E-state index is 12.3. The predicted octanol–water partition coefficient (Wildman–Crippen LogP) is 7.79. The molecule has 6 nitrogen and oxygen atoms in total. The van der Waals surface area contributed by atoms with Gasteiger partial charge in [0.2, 0.25) is 0 Å². The Morgan fingerprint density at radius 2 is 1.33 bits per heavy atom. The number of nitrogens with zero attached hydrogens (tertiary/aromatic N) is 1. The minimum Gasteiger partial charge on any atom is -0.456 e. The Labute approximate surface area is 200 Å². The van der Waals surface area contributed by atoms with Gasteiger partial charge in [-0.15, -0.1) is 0 Å². The van der Waals surface area contributed by atoms with E-state index >= 15 is 0 Å². The molecule has 0 bridgehead atoms. The van der Waals surface area contributed by atoms with Crippen molar-refractivity contribution in [1.29, 1.82) is 0 Å². The van der Waals surface area contributed by atoms with Crippen LogP contribution in [0.1, 0.15) is 128 Å². The number of nitro benzene ring substituents is 1. The first kappa shape index (κ1) is 29.1. The van der Waals surface area contributed by atoms with Gasteiger partial charge in [0, 0.05) is 6.07 Å². The number of carbonyl (C=O) groups is 1. The second kappa shape index (κ2) is 18.5. The minimum atomic E-state index is -0.703. The second-order valence-electron chi connectivity index (χ2n) is 9.24. The molecule has 0 saturated carbocycles. The Balaban J connectivity index is 2.04. The SMILES string of the molecule is CCCCCCCCCCCCCCCCCC(N)C(=O)OC(C)c1ccccc1[N+](=O)[O-]. The molecule has 188 valence electrons. The molecule has 2 unspecified atom stereocenters. The molecule has 6 heteroatoms. The summed E-state index contributed by atoms with van der Waals surface area (Å²) >= 11 is 0. The van der Waals surface area contributed by atoms with Crippen molar-refractivity contribution in [3.63, 3.8) is 0 Å². The maximum Gasteiger partial charge on any atom is 0.323 e. The van der Waals surface area contributed by atoms with Crippen LogP contribution in [-0.2, 0) is 9.53 Å². The van der Waals surface area contributed by atoms with Crippen LogP contribution >= 0.6 is 0 Å². The van der Waals surface area contributed by atoms with Crippen LogP contribution in [0.5, 0.6) is 0 Å². The number of rotatable bonds is 20. The average Bonchev–Trinajstić information content (AvgIpc) is 2.81. The lowest BCUT2D eigenvalue weighted by Crippen LogP contribution is -2.32. The number of hydrogen-bond donors (Lipinski definition) is 1. The van der Waals surface area contributed by atoms with E-state index in [2.05, 4.69) is 6.92 Å². The molecule has 1 aromatic carbocycles. The van der Waals surface area contributed by atoms with Gasteiger partial charge in [0.05, 0.1) is 10.5 Å². The summed E-state index contributed by atoms with van der Waals surface area (Å²) in [5.74, 6) is -0.494. The highest BCUT2D eigenvalue weighted by molar-refractivity contribution is 5.75. The summed E-state index contributed by atoms with van der Waals surface area (Å²) in [7, 11) is 0. The zero-order valence-electron chi connectivity index (χ0n) is 20.9. The Morgan fingerprint density at radius 1 is 0.879 bits per heavy atom. The maximum atomic E-state index is 12.3. The zero-order valence-corrected chi connectivity index (χ0v) is 20.9. The molecule has 1 rings (SSSR count). The summed E-state index contributed by atoms with van der Waals surface area (Å²) in [5, 5.41) is 11.2. The van der Waals surface area contributed by atoms with E-state index < -0.39 is 23.0 Å². The lowest BCUT2D eigenvalue weighted by atomic mass is 10.0. The van der Waals surface area contributed by atoms with Gasteiger partial charge in [0.1, 0.15) is 12.1 Å². The average molecular weight is 463 g/mol. The fraction of sp³-hybridized carbons (Fsp3) is 0.741. The number of benzene rings is 1. The third kappa shape index (κ3) is 13.4. The molecule has 0 fully saturated rings. The van der Waals surface area contributed by atoms with Crippen LogP contribution in [0.2, 0.25) is 0 Å². The molecular weight excluding hydrogens is 416 g/mol. The first-order valence-electron chi connectivity index (χ1n) is 13.2. The van der Waals surface area contributed by atoms with Gasteiger partial charge in [-0.2, -0.15) is 0 Å². The van der Waals surface area contributed by atoms with Crippen molar-refractivity contribution >= 4 is 11.7 Å². The summed E-state index contributed by atoms with van der Waals surface area (Å²) in [6.07, 6.45) is 19.3. The normalized spacial score (nSPS) is 12.9. The Morgan fingerprint density at radius 3 is 1.82 bits per heavy atom. The van der Waals surface area contributed by atoms with Crippen LogP contribution in [0.4, 0.5) is 5.69 Å². The lowest BCUT2D eigenvalue weighted by molar-refractivity contribution is -0.386. The monoisotopic (exact) mass is 462 g/mol. The van der Waals surface area contributed by atoms with Crippen molar-refractivity contribution < 1.29 is 14.5 Å². The fourth-order valence-electron chi connectivity index (χ4n) is 4.18. The summed E-state index contributed by atoms with van der Waals surface area (Å²) in [6, 6.07) is 5.63. The molecule has 0 aliphatic heterocycles. The van der Waals surface area contributed by atoms with Gasteiger partial charge in [-0.05, 0) is 19.4 Å². The largest absolute Gasteiger partial charge is 0.456 e. The third-order valence-electron chi connectivity index (χ3n) is 6.29. The lowest BCUT2D eigenvalue weighted by Gasteiger charge is -2.17. The molecule has 2 atom stereocenters. The summed E-state index contributed by atoms with van der Waals surface area (Å²) < 4.78 is 5.40. The first-order chi connectivity index (χ1) is 16.0. The summed E-state index contributed by atoms with van der Waals surface area (Å²) in [5.41, 5.74) is 6.32. The number of esters is 1. The van der Waals surface area contributed by atoms with Crippen LogP contribution in [-0.4, -0.2) is 16.9 Å². The highest BCUT2D eigenvalue weighted by Crippen LogP contribution is 2.27. The van der Waals surface area contributed by atoms with E-state index in [1.54, 1.807) is 25.1 Å². The molecule has 0 aliphatic carbocycles. The highest BCUT2D eigenvalue weighted by atomic mass is 16.6. The van der Waals surface area contributed by atoms with Crippen LogP contribution in [0.15, 0.2) is 24.3 Å². The van der Waals surface area contributed by atoms with Gasteiger partial charge in [0.25, 0.3) is 5.69 Å². The Hall–Kier alpha value is -1.95. The summed E-state index contributed by atoms with van der Waals surface area (Å²) in [6.45, 7) is 3.90. The molecule has 0 aromatic heterocycles. The number of ether oxygens (including phenoxy) is 1. The van der Waals surface area contributed by atoms with E-state index in [9.17, 15) is 14.9 Å². The molecule has 33 heavy (non-hydrogen) atoms. The Kier molecular flexibility index (Phi) is 16.3. The van der Waals surface area contributed by atoms with Crippen molar-refractivity contribution in [2.24, 2.45) is 5.73 Å². The number of carbonyl (C=O) groups excluding carboxylic acids is 1. The molecule has 0 amide bonds. The van der Waals surface area contributed by atoms with E-state index in [1.165, 1.54) is 89.5 Å². The van der Waals surface area contributed by atoms with Crippen LogP contribution in [0, 0.1) is 10.1 Å². The molecule has 0 spiro atoms. The van der Waals surface area contributed by atoms with Gasteiger partial charge in [-0.1, -0.05) is 115 Å². The van der Waals surface area contributed by atoms with E-state index in [4.69, 9.17) is 10.5 Å². The standard InChI is InChI=1S/C27H46N2O4/c1-3-4-5-6-7-8-9-10-11-12-13-14-15-16-17-21-25(28)27(30)33-23(2)24-20-18-19-22-26(24)29(31)32/h18-20,22-23,25H,3-17,21,28H2,1-2H3. The number of nitro groups is 1. The van der Waals surface area contributed by atoms with Crippen molar-refractivity contribution in [3.8, 4) is 0 Å². The quantitative estimate of drug-likeness (QED) is 0.0923. The molecule has 2 N–H and O–H groups in total. The van der Waals surface area contributed by atoms with Crippen molar-refractivity contribution in [1.82, 2.24) is 0 Å². The predicted molar refractivity (Wildman–Crippen MR) is 135 cm³/mol. The van der Waals surface area contributed by atoms with E-state index in [0.29, 0.717) is 12.0 Å².